The van der Waals surface area contributed by atoms with Crippen molar-refractivity contribution >= 4 is 32.7 Å². The number of fused-ring (bicyclic) bond motifs is 3. The highest BCUT2D eigenvalue weighted by Gasteiger charge is 2.33. The molecule has 9 rings (SSSR count). The van der Waals surface area contributed by atoms with Crippen molar-refractivity contribution in [3.63, 3.8) is 0 Å². The van der Waals surface area contributed by atoms with Crippen molar-refractivity contribution < 1.29 is 15.3 Å². The molecule has 6 N–H and O–H groups in total. The molecule has 326 valence electrons. The van der Waals surface area contributed by atoms with Crippen LogP contribution in [0.3, 0.4) is 0 Å². The van der Waals surface area contributed by atoms with Crippen LogP contribution in [0.15, 0.2) is 127 Å². The normalized spacial score (nSPS) is 13.2. The lowest BCUT2D eigenvalue weighted by Crippen LogP contribution is -2.17. The predicted octanol–water partition coefficient (Wildman–Crippen LogP) is 15.5. The largest absolute Gasteiger partial charge is 0.508 e. The van der Waals surface area contributed by atoms with Gasteiger partial charge in [-0.1, -0.05) is 142 Å². The molecule has 6 nitrogen and oxygen atoms in total. The molecule has 6 heteroatoms. The summed E-state index contributed by atoms with van der Waals surface area (Å²) in [5.41, 5.74) is 13.5. The number of phenolic OH excluding ortho intramolecular Hbond substituents is 3. The van der Waals surface area contributed by atoms with E-state index in [-0.39, 0.29) is 45.3 Å². The summed E-state index contributed by atoms with van der Waals surface area (Å²) in [5, 5.41) is 39.0. The first kappa shape index (κ1) is 42.6. The van der Waals surface area contributed by atoms with Crippen molar-refractivity contribution in [2.24, 2.45) is 0 Å². The second-order valence-corrected chi connectivity index (χ2v) is 21.1. The maximum atomic E-state index is 12.0. The Bertz CT molecular complexity index is 2970. The third-order valence-electron chi connectivity index (χ3n) is 13.3. The fourth-order valence-corrected chi connectivity index (χ4v) is 9.86. The van der Waals surface area contributed by atoms with Gasteiger partial charge in [0.05, 0.1) is 0 Å². The third kappa shape index (κ3) is 7.84. The van der Waals surface area contributed by atoms with Gasteiger partial charge in [0, 0.05) is 72.4 Å². The average Bonchev–Trinajstić information content (AvgIpc) is 3.98. The minimum atomic E-state index is -0.374. The van der Waals surface area contributed by atoms with Crippen molar-refractivity contribution in [1.29, 1.82) is 0 Å². The van der Waals surface area contributed by atoms with Gasteiger partial charge in [-0.15, -0.1) is 0 Å². The summed E-state index contributed by atoms with van der Waals surface area (Å²) in [5.74, 6) is 0.463. The van der Waals surface area contributed by atoms with Crippen molar-refractivity contribution in [3.05, 3.63) is 161 Å². The summed E-state index contributed by atoms with van der Waals surface area (Å²) in [6.45, 7) is 21.7. The zero-order valence-corrected chi connectivity index (χ0v) is 38.8. The number of aromatic amines is 3. The molecule has 0 saturated heterocycles. The van der Waals surface area contributed by atoms with E-state index in [0.717, 1.165) is 99.9 Å². The fourth-order valence-electron chi connectivity index (χ4n) is 9.86. The monoisotopic (exact) mass is 847 g/mol. The van der Waals surface area contributed by atoms with E-state index in [9.17, 15) is 15.3 Å². The standard InChI is InChI=1S/C58H61N3O3/c1-33(37-27-44(56(2,3)4)53(62)30-41(37)50-24-34-17-11-14-20-47(34)59-50)23-38(39-28-45(57(5,6)7)54(63)31-42(39)51-25-35-18-12-15-21-48(35)60-51)40-29-46(58(8,9)10)55(64)32-43(40)52-26-36-19-13-16-22-49(36)61-52/h11-22,24-33,38,59-64H,23H2,1-10H3. The zero-order chi connectivity index (χ0) is 45.5. The van der Waals surface area contributed by atoms with Crippen LogP contribution in [0.1, 0.15) is 121 Å². The lowest BCUT2D eigenvalue weighted by Gasteiger charge is -2.32. The molecule has 1 atom stereocenters. The summed E-state index contributed by atoms with van der Waals surface area (Å²) in [6, 6.07) is 44.0. The van der Waals surface area contributed by atoms with E-state index < -0.39 is 0 Å². The maximum Gasteiger partial charge on any atom is 0.119 e. The molecule has 64 heavy (non-hydrogen) atoms. The second kappa shape index (κ2) is 15.5. The SMILES string of the molecule is CC(CC(c1cc(C(C)(C)C)c(O)cc1-c1cc2ccccc2[nH]1)c1cc(C(C)(C)C)c(O)cc1-c1cc2ccccc2[nH]1)c1cc(C(C)(C)C)c(O)cc1-c1cc2ccccc2[nH]1. The highest BCUT2D eigenvalue weighted by molar-refractivity contribution is 5.90. The van der Waals surface area contributed by atoms with E-state index in [4.69, 9.17) is 0 Å². The quantitative estimate of drug-likeness (QED) is 0.0917. The third-order valence-corrected chi connectivity index (χ3v) is 13.3. The minimum Gasteiger partial charge on any atom is -0.508 e. The number of aromatic hydroxyl groups is 3. The molecule has 1 unspecified atom stereocenters. The van der Waals surface area contributed by atoms with Gasteiger partial charge < -0.3 is 30.3 Å². The number of H-pyrrole nitrogens is 3. The number of benzene rings is 6. The van der Waals surface area contributed by atoms with Gasteiger partial charge in [0.1, 0.15) is 17.2 Å². The summed E-state index contributed by atoms with van der Waals surface area (Å²) >= 11 is 0. The fraction of sp³-hybridized carbons (Fsp3) is 0.276. The van der Waals surface area contributed by atoms with Gasteiger partial charge in [0.2, 0.25) is 0 Å². The van der Waals surface area contributed by atoms with E-state index in [2.05, 4.69) is 175 Å². The zero-order valence-electron chi connectivity index (χ0n) is 38.8. The minimum absolute atomic E-state index is 0.0574. The van der Waals surface area contributed by atoms with Gasteiger partial charge in [-0.2, -0.15) is 0 Å². The molecule has 6 aromatic carbocycles. The Balaban J connectivity index is 1.36. The van der Waals surface area contributed by atoms with E-state index in [1.165, 1.54) is 0 Å². The predicted molar refractivity (Wildman–Crippen MR) is 267 cm³/mol. The van der Waals surface area contributed by atoms with Crippen molar-refractivity contribution in [1.82, 2.24) is 15.0 Å². The molecule has 0 bridgehead atoms. The number of hydrogen-bond acceptors (Lipinski definition) is 3. The van der Waals surface area contributed by atoms with Crippen LogP contribution in [0.5, 0.6) is 17.2 Å². The smallest absolute Gasteiger partial charge is 0.119 e. The molecule has 0 fully saturated rings. The van der Waals surface area contributed by atoms with Crippen LogP contribution in [-0.2, 0) is 16.2 Å². The van der Waals surface area contributed by atoms with E-state index in [0.29, 0.717) is 6.42 Å². The summed E-state index contributed by atoms with van der Waals surface area (Å²) in [4.78, 5) is 11.1. The number of para-hydroxylation sites is 3. The molecule has 0 spiro atoms. The van der Waals surface area contributed by atoms with Crippen LogP contribution >= 0.6 is 0 Å². The summed E-state index contributed by atoms with van der Waals surface area (Å²) in [6.07, 6.45) is 0.657. The van der Waals surface area contributed by atoms with E-state index in [1.54, 1.807) is 0 Å². The van der Waals surface area contributed by atoms with Crippen LogP contribution in [0.4, 0.5) is 0 Å². The lowest BCUT2D eigenvalue weighted by molar-refractivity contribution is 0.445. The van der Waals surface area contributed by atoms with Gasteiger partial charge >= 0.3 is 0 Å². The molecule has 0 amide bonds. The molecular weight excluding hydrogens is 787 g/mol. The molecule has 0 aliphatic rings. The van der Waals surface area contributed by atoms with Crippen molar-refractivity contribution in [3.8, 4) is 51.0 Å². The summed E-state index contributed by atoms with van der Waals surface area (Å²) in [7, 11) is 0. The Labute approximate surface area is 377 Å². The van der Waals surface area contributed by atoms with Crippen LogP contribution in [0.2, 0.25) is 0 Å². The van der Waals surface area contributed by atoms with Crippen molar-refractivity contribution in [2.45, 2.75) is 104 Å². The first-order valence-electron chi connectivity index (χ1n) is 22.6. The number of phenols is 3. The molecule has 0 aliphatic heterocycles. The van der Waals surface area contributed by atoms with E-state index in [1.807, 2.05) is 36.4 Å². The molecule has 9 aromatic rings. The number of nitrogens with one attached hydrogen (secondary N) is 3. The van der Waals surface area contributed by atoms with Gasteiger partial charge in [0.15, 0.2) is 0 Å². The Kier molecular flexibility index (Phi) is 10.4. The maximum absolute atomic E-state index is 12.0. The Morgan fingerprint density at radius 1 is 0.406 bits per heavy atom. The van der Waals surface area contributed by atoms with Gasteiger partial charge in [-0.05, 0) is 117 Å². The molecular formula is C58H61N3O3. The topological polar surface area (TPSA) is 108 Å². The first-order valence-corrected chi connectivity index (χ1v) is 22.6. The average molecular weight is 848 g/mol. The van der Waals surface area contributed by atoms with Gasteiger partial charge in [-0.25, -0.2) is 0 Å². The molecule has 3 aromatic heterocycles. The van der Waals surface area contributed by atoms with E-state index >= 15 is 0 Å². The van der Waals surface area contributed by atoms with Crippen LogP contribution in [0, 0.1) is 0 Å². The Morgan fingerprint density at radius 3 is 1.02 bits per heavy atom. The Hall–Kier alpha value is -6.66. The summed E-state index contributed by atoms with van der Waals surface area (Å²) < 4.78 is 0. The van der Waals surface area contributed by atoms with Crippen LogP contribution in [0.25, 0.3) is 66.5 Å². The number of aromatic nitrogens is 3. The Morgan fingerprint density at radius 2 is 0.703 bits per heavy atom. The van der Waals surface area contributed by atoms with Crippen molar-refractivity contribution in [2.75, 3.05) is 0 Å². The highest BCUT2D eigenvalue weighted by atomic mass is 16.3. The molecule has 0 radical (unpaired) electrons. The second-order valence-electron chi connectivity index (χ2n) is 21.1. The number of hydrogen-bond donors (Lipinski definition) is 6. The lowest BCUT2D eigenvalue weighted by atomic mass is 9.73. The number of rotatable bonds is 8. The van der Waals surface area contributed by atoms with Crippen LogP contribution in [-0.4, -0.2) is 30.3 Å². The van der Waals surface area contributed by atoms with Crippen LogP contribution < -0.4 is 0 Å². The molecule has 3 heterocycles. The van der Waals surface area contributed by atoms with Gasteiger partial charge in [-0.3, -0.25) is 0 Å². The van der Waals surface area contributed by atoms with Gasteiger partial charge in [0.25, 0.3) is 0 Å². The molecule has 0 aliphatic carbocycles. The molecule has 0 saturated carbocycles. The highest BCUT2D eigenvalue weighted by Crippen LogP contribution is 2.50. The first-order chi connectivity index (χ1) is 30.2.